The molecule has 1 aromatic heterocycles. The Labute approximate surface area is 110 Å². The molecule has 2 aromatic rings. The molecule has 0 aliphatic heterocycles. The molecule has 1 aromatic carbocycles. The van der Waals surface area contributed by atoms with E-state index < -0.39 is 12.0 Å². The average Bonchev–Trinajstić information content (AvgIpc) is 2.77. The van der Waals surface area contributed by atoms with Gasteiger partial charge in [-0.3, -0.25) is 4.79 Å². The standard InChI is InChI=1S/C14H15NO2S/c15-13(14(16)17)9-12-7-6-11(18-12)8-10-4-2-1-3-5-10/h1-7,13H,8-9,15H2,(H,16,17). The summed E-state index contributed by atoms with van der Waals surface area (Å²) in [6.07, 6.45) is 1.28. The van der Waals surface area contributed by atoms with Crippen molar-refractivity contribution in [3.63, 3.8) is 0 Å². The molecule has 1 heterocycles. The number of rotatable bonds is 5. The van der Waals surface area contributed by atoms with E-state index in [1.807, 2.05) is 30.3 Å². The van der Waals surface area contributed by atoms with Crippen molar-refractivity contribution in [2.45, 2.75) is 18.9 Å². The first-order valence-corrected chi connectivity index (χ1v) is 6.56. The number of aliphatic carboxylic acids is 1. The van der Waals surface area contributed by atoms with Crippen molar-refractivity contribution in [1.29, 1.82) is 0 Å². The Morgan fingerprint density at radius 1 is 1.17 bits per heavy atom. The number of hydrogen-bond donors (Lipinski definition) is 2. The topological polar surface area (TPSA) is 63.3 Å². The highest BCUT2D eigenvalue weighted by atomic mass is 32.1. The molecule has 3 nitrogen and oxygen atoms in total. The predicted octanol–water partition coefficient (Wildman–Crippen LogP) is 2.29. The molecule has 0 radical (unpaired) electrons. The van der Waals surface area contributed by atoms with Gasteiger partial charge in [0.1, 0.15) is 6.04 Å². The molecule has 2 rings (SSSR count). The number of nitrogens with two attached hydrogens (primary N) is 1. The van der Waals surface area contributed by atoms with Gasteiger partial charge in [-0.1, -0.05) is 30.3 Å². The van der Waals surface area contributed by atoms with Gasteiger partial charge in [-0.05, 0) is 17.7 Å². The smallest absolute Gasteiger partial charge is 0.320 e. The first kappa shape index (κ1) is 12.8. The van der Waals surface area contributed by atoms with Crippen molar-refractivity contribution >= 4 is 17.3 Å². The molecular formula is C14H15NO2S. The van der Waals surface area contributed by atoms with Crippen LogP contribution in [0.3, 0.4) is 0 Å². The maximum atomic E-state index is 10.7. The lowest BCUT2D eigenvalue weighted by Crippen LogP contribution is -2.31. The number of benzene rings is 1. The van der Waals surface area contributed by atoms with Crippen LogP contribution in [0.2, 0.25) is 0 Å². The number of carboxylic acids is 1. The van der Waals surface area contributed by atoms with E-state index in [0.717, 1.165) is 11.3 Å². The van der Waals surface area contributed by atoms with E-state index in [4.69, 9.17) is 10.8 Å². The predicted molar refractivity (Wildman–Crippen MR) is 72.9 cm³/mol. The van der Waals surface area contributed by atoms with Crippen LogP contribution in [0.15, 0.2) is 42.5 Å². The molecule has 0 fully saturated rings. The lowest BCUT2D eigenvalue weighted by molar-refractivity contribution is -0.138. The Kier molecular flexibility index (Phi) is 4.12. The summed E-state index contributed by atoms with van der Waals surface area (Å²) < 4.78 is 0. The average molecular weight is 261 g/mol. The Morgan fingerprint density at radius 3 is 2.50 bits per heavy atom. The van der Waals surface area contributed by atoms with E-state index >= 15 is 0 Å². The van der Waals surface area contributed by atoms with Gasteiger partial charge in [0, 0.05) is 22.6 Å². The number of carbonyl (C=O) groups is 1. The van der Waals surface area contributed by atoms with Crippen molar-refractivity contribution in [3.8, 4) is 0 Å². The van der Waals surface area contributed by atoms with Gasteiger partial charge in [0.05, 0.1) is 0 Å². The van der Waals surface area contributed by atoms with Crippen LogP contribution in [-0.4, -0.2) is 17.1 Å². The minimum atomic E-state index is -0.951. The van der Waals surface area contributed by atoms with Gasteiger partial charge in [-0.25, -0.2) is 0 Å². The fourth-order valence-electron chi connectivity index (χ4n) is 1.73. The summed E-state index contributed by atoms with van der Waals surface area (Å²) in [6, 6.07) is 13.4. The van der Waals surface area contributed by atoms with Gasteiger partial charge in [0.15, 0.2) is 0 Å². The van der Waals surface area contributed by atoms with Gasteiger partial charge in [-0.2, -0.15) is 0 Å². The van der Waals surface area contributed by atoms with Gasteiger partial charge < -0.3 is 10.8 Å². The van der Waals surface area contributed by atoms with Gasteiger partial charge in [0.2, 0.25) is 0 Å². The van der Waals surface area contributed by atoms with E-state index in [1.54, 1.807) is 11.3 Å². The summed E-state index contributed by atoms with van der Waals surface area (Å²) in [4.78, 5) is 12.9. The summed E-state index contributed by atoms with van der Waals surface area (Å²) in [5.41, 5.74) is 6.78. The van der Waals surface area contributed by atoms with E-state index in [-0.39, 0.29) is 0 Å². The first-order valence-electron chi connectivity index (χ1n) is 5.75. The third-order valence-corrected chi connectivity index (χ3v) is 3.78. The zero-order chi connectivity index (χ0) is 13.0. The first-order chi connectivity index (χ1) is 8.65. The molecule has 0 aliphatic rings. The van der Waals surface area contributed by atoms with Gasteiger partial charge in [0.25, 0.3) is 0 Å². The van der Waals surface area contributed by atoms with Crippen molar-refractivity contribution in [2.75, 3.05) is 0 Å². The Bertz CT molecular complexity index is 522. The quantitative estimate of drug-likeness (QED) is 0.868. The fraction of sp³-hybridized carbons (Fsp3) is 0.214. The SMILES string of the molecule is NC(Cc1ccc(Cc2ccccc2)s1)C(=O)O. The summed E-state index contributed by atoms with van der Waals surface area (Å²) in [6.45, 7) is 0. The van der Waals surface area contributed by atoms with E-state index in [9.17, 15) is 4.79 Å². The fourth-order valence-corrected chi connectivity index (χ4v) is 2.84. The normalized spacial score (nSPS) is 12.3. The number of carboxylic acid groups (broad SMARTS) is 1. The molecule has 0 aliphatic carbocycles. The molecule has 1 atom stereocenters. The minimum absolute atomic E-state index is 0.398. The van der Waals surface area contributed by atoms with Crippen LogP contribution >= 0.6 is 11.3 Å². The van der Waals surface area contributed by atoms with E-state index in [0.29, 0.717) is 6.42 Å². The van der Waals surface area contributed by atoms with Gasteiger partial charge in [-0.15, -0.1) is 11.3 Å². The van der Waals surface area contributed by atoms with E-state index in [2.05, 4.69) is 12.1 Å². The summed E-state index contributed by atoms with van der Waals surface area (Å²) in [5, 5.41) is 8.76. The Hall–Kier alpha value is -1.65. The highest BCUT2D eigenvalue weighted by Gasteiger charge is 2.13. The van der Waals surface area contributed by atoms with Crippen LogP contribution < -0.4 is 5.73 Å². The summed E-state index contributed by atoms with van der Waals surface area (Å²) in [7, 11) is 0. The lowest BCUT2D eigenvalue weighted by atomic mass is 10.1. The monoisotopic (exact) mass is 261 g/mol. The zero-order valence-corrected chi connectivity index (χ0v) is 10.7. The van der Waals surface area contributed by atoms with Gasteiger partial charge >= 0.3 is 5.97 Å². The molecule has 18 heavy (non-hydrogen) atoms. The molecule has 4 heteroatoms. The zero-order valence-electron chi connectivity index (χ0n) is 9.87. The maximum absolute atomic E-state index is 10.7. The third kappa shape index (κ3) is 3.42. The van der Waals surface area contributed by atoms with Crippen molar-refractivity contribution in [2.24, 2.45) is 5.73 Å². The lowest BCUT2D eigenvalue weighted by Gasteiger charge is -2.03. The molecule has 1 unspecified atom stereocenters. The Morgan fingerprint density at radius 2 is 1.83 bits per heavy atom. The largest absolute Gasteiger partial charge is 0.480 e. The summed E-state index contributed by atoms with van der Waals surface area (Å²) in [5.74, 6) is -0.951. The summed E-state index contributed by atoms with van der Waals surface area (Å²) >= 11 is 1.63. The molecular weight excluding hydrogens is 246 g/mol. The van der Waals surface area contributed by atoms with E-state index in [1.165, 1.54) is 10.4 Å². The highest BCUT2D eigenvalue weighted by Crippen LogP contribution is 2.20. The molecule has 3 N–H and O–H groups in total. The highest BCUT2D eigenvalue weighted by molar-refractivity contribution is 7.12. The molecule has 0 spiro atoms. The molecule has 0 saturated heterocycles. The molecule has 94 valence electrons. The van der Waals surface area contributed by atoms with Crippen LogP contribution in [-0.2, 0) is 17.6 Å². The molecule has 0 bridgehead atoms. The second-order valence-corrected chi connectivity index (χ2v) is 5.43. The Balaban J connectivity index is 2.00. The second-order valence-electron chi connectivity index (χ2n) is 4.18. The maximum Gasteiger partial charge on any atom is 0.320 e. The second kappa shape index (κ2) is 5.80. The number of hydrogen-bond acceptors (Lipinski definition) is 3. The molecule has 0 saturated carbocycles. The van der Waals surface area contributed by atoms with Crippen LogP contribution in [0.25, 0.3) is 0 Å². The van der Waals surface area contributed by atoms with Crippen LogP contribution in [0, 0.1) is 0 Å². The van der Waals surface area contributed by atoms with Crippen LogP contribution in [0.4, 0.5) is 0 Å². The van der Waals surface area contributed by atoms with Crippen LogP contribution in [0.1, 0.15) is 15.3 Å². The minimum Gasteiger partial charge on any atom is -0.480 e. The van der Waals surface area contributed by atoms with Crippen molar-refractivity contribution in [3.05, 3.63) is 57.8 Å². The van der Waals surface area contributed by atoms with Crippen LogP contribution in [0.5, 0.6) is 0 Å². The third-order valence-electron chi connectivity index (χ3n) is 2.68. The molecule has 0 amide bonds. The van der Waals surface area contributed by atoms with Crippen molar-refractivity contribution in [1.82, 2.24) is 0 Å². The number of thiophene rings is 1. The van der Waals surface area contributed by atoms with Crippen molar-refractivity contribution < 1.29 is 9.90 Å².